The van der Waals surface area contributed by atoms with E-state index in [1.54, 1.807) is 0 Å². The van der Waals surface area contributed by atoms with Gasteiger partial charge in [0.05, 0.1) is 32.5 Å². The van der Waals surface area contributed by atoms with Crippen molar-refractivity contribution in [1.82, 2.24) is 9.13 Å². The molecule has 0 N–H and O–H groups in total. The number of fused-ring (bicyclic) bond motifs is 10. The summed E-state index contributed by atoms with van der Waals surface area (Å²) in [5.41, 5.74) is 17.0. The molecule has 0 aliphatic heterocycles. The van der Waals surface area contributed by atoms with Gasteiger partial charge in [0.1, 0.15) is 0 Å². The molecule has 13 aromatic rings. The second kappa shape index (κ2) is 14.3. The molecule has 3 aromatic heterocycles. The van der Waals surface area contributed by atoms with Crippen LogP contribution in [0, 0.1) is 0 Å². The monoisotopic (exact) mass is 818 g/mol. The van der Waals surface area contributed by atoms with Crippen LogP contribution >= 0.6 is 11.3 Å². The Morgan fingerprint density at radius 2 is 0.778 bits per heavy atom. The van der Waals surface area contributed by atoms with Crippen LogP contribution in [0.3, 0.4) is 0 Å². The molecule has 294 valence electrons. The quantitative estimate of drug-likeness (QED) is 0.158. The Morgan fingerprint density at radius 3 is 1.44 bits per heavy atom. The second-order valence-electron chi connectivity index (χ2n) is 16.5. The van der Waals surface area contributed by atoms with Crippen molar-refractivity contribution in [3.63, 3.8) is 0 Å². The van der Waals surface area contributed by atoms with Gasteiger partial charge in [-0.2, -0.15) is 0 Å². The first-order chi connectivity index (χ1) is 31.2. The fourth-order valence-electron chi connectivity index (χ4n) is 10.0. The number of thiophene rings is 1. The molecular weight excluding hydrogens is 781 g/mol. The maximum Gasteiger partial charge on any atom is 0.0641 e. The molecular formula is C60H38N2S. The summed E-state index contributed by atoms with van der Waals surface area (Å²) >= 11 is 1.89. The first-order valence-corrected chi connectivity index (χ1v) is 22.4. The van der Waals surface area contributed by atoms with Gasteiger partial charge in [-0.15, -0.1) is 11.3 Å². The SMILES string of the molecule is c1ccc(-c2cccc(-c3cccc(-c4cccc(-c5ccc6c(c5)sc5c(-n7c8ccccc8c8c7ccc7c9ccccc9n(-c9ccccc9)c78)cccc56)c4)c3)c2)cc1. The molecule has 3 heterocycles. The van der Waals surface area contributed by atoms with E-state index in [0.717, 1.165) is 0 Å². The normalized spacial score (nSPS) is 11.8. The number of rotatable bonds is 6. The molecule has 3 heteroatoms. The Kier molecular flexibility index (Phi) is 8.12. The zero-order valence-corrected chi connectivity index (χ0v) is 35.1. The zero-order valence-electron chi connectivity index (χ0n) is 34.2. The smallest absolute Gasteiger partial charge is 0.0641 e. The molecule has 0 aliphatic rings. The van der Waals surface area contributed by atoms with E-state index >= 15 is 0 Å². The van der Waals surface area contributed by atoms with Gasteiger partial charge in [0, 0.05) is 42.7 Å². The van der Waals surface area contributed by atoms with Gasteiger partial charge in [0.2, 0.25) is 0 Å². The van der Waals surface area contributed by atoms with Crippen molar-refractivity contribution in [2.24, 2.45) is 0 Å². The minimum atomic E-state index is 1.17. The van der Waals surface area contributed by atoms with Crippen molar-refractivity contribution in [2.75, 3.05) is 0 Å². The molecule has 0 aliphatic carbocycles. The van der Waals surface area contributed by atoms with E-state index in [1.165, 1.54) is 120 Å². The Labute approximate surface area is 368 Å². The van der Waals surface area contributed by atoms with Crippen LogP contribution in [0.1, 0.15) is 0 Å². The predicted molar refractivity (Wildman–Crippen MR) is 270 cm³/mol. The van der Waals surface area contributed by atoms with Gasteiger partial charge in [-0.05, 0) is 105 Å². The van der Waals surface area contributed by atoms with Gasteiger partial charge < -0.3 is 9.13 Å². The van der Waals surface area contributed by atoms with Crippen LogP contribution in [-0.2, 0) is 0 Å². The molecule has 2 nitrogen and oxygen atoms in total. The van der Waals surface area contributed by atoms with Crippen LogP contribution in [-0.4, -0.2) is 9.13 Å². The first-order valence-electron chi connectivity index (χ1n) is 21.6. The number of nitrogens with zero attached hydrogens (tertiary/aromatic N) is 2. The van der Waals surface area contributed by atoms with Crippen molar-refractivity contribution >= 4 is 75.1 Å². The van der Waals surface area contributed by atoms with E-state index in [9.17, 15) is 0 Å². The highest BCUT2D eigenvalue weighted by Gasteiger charge is 2.22. The summed E-state index contributed by atoms with van der Waals surface area (Å²) in [6.45, 7) is 0. The number of para-hydroxylation sites is 3. The summed E-state index contributed by atoms with van der Waals surface area (Å²) in [6, 6.07) is 84.5. The molecule has 0 fully saturated rings. The minimum absolute atomic E-state index is 1.17. The number of hydrogen-bond acceptors (Lipinski definition) is 1. The van der Waals surface area contributed by atoms with E-state index in [-0.39, 0.29) is 0 Å². The highest BCUT2D eigenvalue weighted by atomic mass is 32.1. The lowest BCUT2D eigenvalue weighted by Crippen LogP contribution is -1.95. The highest BCUT2D eigenvalue weighted by Crippen LogP contribution is 2.45. The maximum absolute atomic E-state index is 2.51. The highest BCUT2D eigenvalue weighted by molar-refractivity contribution is 7.26. The second-order valence-corrected chi connectivity index (χ2v) is 17.5. The third-order valence-corrected chi connectivity index (χ3v) is 14.1. The summed E-state index contributed by atoms with van der Waals surface area (Å²) in [6.07, 6.45) is 0. The maximum atomic E-state index is 2.51. The van der Waals surface area contributed by atoms with Crippen molar-refractivity contribution in [3.8, 4) is 55.9 Å². The third kappa shape index (κ3) is 5.71. The zero-order chi connectivity index (χ0) is 41.4. The average molecular weight is 819 g/mol. The van der Waals surface area contributed by atoms with Crippen LogP contribution in [0.5, 0.6) is 0 Å². The summed E-state index contributed by atoms with van der Waals surface area (Å²) in [7, 11) is 0. The van der Waals surface area contributed by atoms with E-state index in [4.69, 9.17) is 0 Å². The molecule has 0 spiro atoms. The number of hydrogen-bond donors (Lipinski definition) is 0. The van der Waals surface area contributed by atoms with E-state index in [0.29, 0.717) is 0 Å². The molecule has 0 saturated heterocycles. The molecule has 10 aromatic carbocycles. The van der Waals surface area contributed by atoms with Gasteiger partial charge in [0.15, 0.2) is 0 Å². The van der Waals surface area contributed by atoms with E-state index in [2.05, 4.69) is 240 Å². The molecule has 63 heavy (non-hydrogen) atoms. The van der Waals surface area contributed by atoms with Gasteiger partial charge >= 0.3 is 0 Å². The van der Waals surface area contributed by atoms with Crippen LogP contribution in [0.2, 0.25) is 0 Å². The molecule has 0 bridgehead atoms. The van der Waals surface area contributed by atoms with Crippen LogP contribution in [0.4, 0.5) is 0 Å². The van der Waals surface area contributed by atoms with Gasteiger partial charge in [-0.25, -0.2) is 0 Å². The largest absolute Gasteiger partial charge is 0.309 e. The fourth-order valence-corrected chi connectivity index (χ4v) is 11.3. The lowest BCUT2D eigenvalue weighted by atomic mass is 9.94. The summed E-state index contributed by atoms with van der Waals surface area (Å²) in [4.78, 5) is 0. The van der Waals surface area contributed by atoms with Crippen molar-refractivity contribution in [3.05, 3.63) is 231 Å². The summed E-state index contributed by atoms with van der Waals surface area (Å²) < 4.78 is 7.54. The fraction of sp³-hybridized carbons (Fsp3) is 0. The van der Waals surface area contributed by atoms with E-state index in [1.807, 2.05) is 11.3 Å². The molecule has 0 radical (unpaired) electrons. The lowest BCUT2D eigenvalue weighted by Gasteiger charge is -2.10. The average Bonchev–Trinajstić information content (AvgIpc) is 4.02. The predicted octanol–water partition coefficient (Wildman–Crippen LogP) is 16.9. The van der Waals surface area contributed by atoms with Crippen molar-refractivity contribution < 1.29 is 0 Å². The van der Waals surface area contributed by atoms with Crippen LogP contribution in [0.15, 0.2) is 231 Å². The van der Waals surface area contributed by atoms with Gasteiger partial charge in [-0.3, -0.25) is 0 Å². The van der Waals surface area contributed by atoms with Crippen molar-refractivity contribution in [1.29, 1.82) is 0 Å². The summed E-state index contributed by atoms with van der Waals surface area (Å²) in [5.74, 6) is 0. The molecule has 13 rings (SSSR count). The molecule has 0 unspecified atom stereocenters. The molecule has 0 amide bonds. The van der Waals surface area contributed by atoms with Gasteiger partial charge in [0.25, 0.3) is 0 Å². The Morgan fingerprint density at radius 1 is 0.286 bits per heavy atom. The number of benzene rings is 10. The Bertz CT molecular complexity index is 3900. The molecule has 0 atom stereocenters. The van der Waals surface area contributed by atoms with Gasteiger partial charge in [-0.1, -0.05) is 170 Å². The van der Waals surface area contributed by atoms with Crippen LogP contribution in [0.25, 0.3) is 120 Å². The summed E-state index contributed by atoms with van der Waals surface area (Å²) in [5, 5.41) is 7.63. The Balaban J connectivity index is 0.931. The van der Waals surface area contributed by atoms with Crippen LogP contribution < -0.4 is 0 Å². The van der Waals surface area contributed by atoms with Crippen molar-refractivity contribution in [2.45, 2.75) is 0 Å². The first kappa shape index (κ1) is 35.7. The standard InChI is InChI=1S/C60H38N2S/c1-3-15-39(16-4-1)40-17-11-18-41(35-40)42-19-12-20-43(36-42)44-21-13-22-45(37-44)46-31-32-49-51-27-14-30-56(60(51)63-57(49)38-46)62-54-29-10-8-26-52(54)58-55(62)34-33-50-48-25-7-9-28-53(48)61(59(50)58)47-23-5-2-6-24-47/h1-38H. The third-order valence-electron chi connectivity index (χ3n) is 12.9. The minimum Gasteiger partial charge on any atom is -0.309 e. The molecule has 0 saturated carbocycles. The van der Waals surface area contributed by atoms with E-state index < -0.39 is 0 Å². The topological polar surface area (TPSA) is 9.86 Å². The number of aromatic nitrogens is 2. The Hall–Kier alpha value is -7.98. The lowest BCUT2D eigenvalue weighted by molar-refractivity contribution is 1.18.